The predicted molar refractivity (Wildman–Crippen MR) is 111 cm³/mol. The largest absolute Gasteiger partial charge is 0.493 e. The summed E-state index contributed by atoms with van der Waals surface area (Å²) >= 11 is 3.52. The lowest BCUT2D eigenvalue weighted by Gasteiger charge is -2.27. The number of nitrogens with zero attached hydrogens (tertiary/aromatic N) is 1. The number of nitriles is 1. The van der Waals surface area contributed by atoms with Crippen LogP contribution < -0.4 is 15.2 Å². The fourth-order valence-corrected chi connectivity index (χ4v) is 3.63. The van der Waals surface area contributed by atoms with Gasteiger partial charge in [-0.1, -0.05) is 13.3 Å². The van der Waals surface area contributed by atoms with Gasteiger partial charge in [0, 0.05) is 0 Å². The van der Waals surface area contributed by atoms with E-state index in [2.05, 4.69) is 28.9 Å². The summed E-state index contributed by atoms with van der Waals surface area (Å²) in [5.74, 6) is -0.0136. The highest BCUT2D eigenvalue weighted by molar-refractivity contribution is 9.10. The molecule has 7 nitrogen and oxygen atoms in total. The van der Waals surface area contributed by atoms with Gasteiger partial charge in [0.15, 0.2) is 11.5 Å². The molecule has 1 aromatic rings. The van der Waals surface area contributed by atoms with E-state index >= 15 is 0 Å². The standard InChI is InChI=1S/C21H25BrN2O5/c1-5-7-8-28-19-15(22)9-13(10-16(19)26-4)18-14(11-23)20(24)29-12(3)17(18)21(25)27-6-2/h9-10,18H,5-8,24H2,1-4H3. The first kappa shape index (κ1) is 22.6. The smallest absolute Gasteiger partial charge is 0.338 e. The molecule has 0 bridgehead atoms. The number of hydrogen-bond donors (Lipinski definition) is 1. The molecule has 29 heavy (non-hydrogen) atoms. The van der Waals surface area contributed by atoms with Gasteiger partial charge in [-0.2, -0.15) is 5.26 Å². The number of halogens is 1. The Morgan fingerprint density at radius 1 is 1.38 bits per heavy atom. The summed E-state index contributed by atoms with van der Waals surface area (Å²) in [5, 5.41) is 9.69. The SMILES string of the molecule is CCCCOc1c(Br)cc(C2C(C#N)=C(N)OC(C)=C2C(=O)OCC)cc1OC. The minimum atomic E-state index is -0.748. The van der Waals surface area contributed by atoms with Crippen molar-refractivity contribution in [1.82, 2.24) is 0 Å². The normalized spacial score (nSPS) is 16.2. The molecule has 1 aliphatic rings. The van der Waals surface area contributed by atoms with E-state index in [4.69, 9.17) is 24.7 Å². The molecule has 0 aliphatic carbocycles. The lowest BCUT2D eigenvalue weighted by atomic mass is 9.83. The molecule has 0 spiro atoms. The maximum absolute atomic E-state index is 12.6. The van der Waals surface area contributed by atoms with Crippen LogP contribution in [0, 0.1) is 11.3 Å². The van der Waals surface area contributed by atoms with Crippen molar-refractivity contribution in [2.24, 2.45) is 5.73 Å². The second-order valence-corrected chi connectivity index (χ2v) is 7.21. The van der Waals surface area contributed by atoms with Gasteiger partial charge < -0.3 is 24.7 Å². The van der Waals surface area contributed by atoms with Gasteiger partial charge in [-0.15, -0.1) is 0 Å². The van der Waals surface area contributed by atoms with Crippen LogP contribution in [0.2, 0.25) is 0 Å². The third-order valence-corrected chi connectivity index (χ3v) is 5.02. The van der Waals surface area contributed by atoms with Gasteiger partial charge in [-0.25, -0.2) is 4.79 Å². The van der Waals surface area contributed by atoms with Crippen molar-refractivity contribution in [1.29, 1.82) is 5.26 Å². The number of ether oxygens (including phenoxy) is 4. The van der Waals surface area contributed by atoms with Crippen molar-refractivity contribution >= 4 is 21.9 Å². The molecule has 8 heteroatoms. The number of nitrogens with two attached hydrogens (primary N) is 1. The van der Waals surface area contributed by atoms with Crippen LogP contribution in [0.3, 0.4) is 0 Å². The Bertz CT molecular complexity index is 886. The zero-order valence-corrected chi connectivity index (χ0v) is 18.6. The molecular weight excluding hydrogens is 440 g/mol. The molecule has 0 amide bonds. The lowest BCUT2D eigenvalue weighted by molar-refractivity contribution is -0.139. The van der Waals surface area contributed by atoms with Crippen LogP contribution in [0.1, 0.15) is 45.1 Å². The molecule has 0 saturated carbocycles. The molecule has 2 rings (SSSR count). The Morgan fingerprint density at radius 2 is 2.10 bits per heavy atom. The zero-order valence-electron chi connectivity index (χ0n) is 17.0. The maximum atomic E-state index is 12.6. The molecule has 2 N–H and O–H groups in total. The molecule has 0 saturated heterocycles. The highest BCUT2D eigenvalue weighted by Gasteiger charge is 2.37. The maximum Gasteiger partial charge on any atom is 0.338 e. The van der Waals surface area contributed by atoms with Crippen molar-refractivity contribution in [2.75, 3.05) is 20.3 Å². The molecule has 1 aromatic carbocycles. The third-order valence-electron chi connectivity index (χ3n) is 4.43. The summed E-state index contributed by atoms with van der Waals surface area (Å²) in [6, 6.07) is 5.59. The van der Waals surface area contributed by atoms with E-state index in [1.165, 1.54) is 7.11 Å². The Balaban J connectivity index is 2.60. The van der Waals surface area contributed by atoms with Crippen LogP contribution in [-0.2, 0) is 14.3 Å². The van der Waals surface area contributed by atoms with Crippen LogP contribution >= 0.6 is 15.9 Å². The molecule has 1 aliphatic heterocycles. The van der Waals surface area contributed by atoms with Crippen molar-refractivity contribution in [2.45, 2.75) is 39.5 Å². The molecule has 0 fully saturated rings. The second kappa shape index (κ2) is 10.2. The Labute approximate surface area is 179 Å². The number of hydrogen-bond acceptors (Lipinski definition) is 7. The first-order valence-corrected chi connectivity index (χ1v) is 10.1. The quantitative estimate of drug-likeness (QED) is 0.451. The molecule has 0 radical (unpaired) electrons. The minimum absolute atomic E-state index is 0.0404. The Kier molecular flexibility index (Phi) is 7.97. The first-order chi connectivity index (χ1) is 13.9. The van der Waals surface area contributed by atoms with Gasteiger partial charge in [0.2, 0.25) is 5.88 Å². The fraction of sp³-hybridized carbons (Fsp3) is 0.429. The topological polar surface area (TPSA) is 104 Å². The average Bonchev–Trinajstić information content (AvgIpc) is 2.68. The summed E-state index contributed by atoms with van der Waals surface area (Å²) in [6.07, 6.45) is 1.91. The summed E-state index contributed by atoms with van der Waals surface area (Å²) in [7, 11) is 1.53. The van der Waals surface area contributed by atoms with Gasteiger partial charge in [0.25, 0.3) is 0 Å². The zero-order chi connectivity index (χ0) is 21.6. The van der Waals surface area contributed by atoms with E-state index in [1.807, 2.05) is 0 Å². The highest BCUT2D eigenvalue weighted by atomic mass is 79.9. The number of allylic oxidation sites excluding steroid dienone is 2. The van der Waals surface area contributed by atoms with E-state index < -0.39 is 11.9 Å². The molecule has 1 atom stereocenters. The average molecular weight is 465 g/mol. The highest BCUT2D eigenvalue weighted by Crippen LogP contribution is 2.45. The molecule has 1 heterocycles. The summed E-state index contributed by atoms with van der Waals surface area (Å²) in [5.41, 5.74) is 6.93. The number of esters is 1. The van der Waals surface area contributed by atoms with E-state index in [-0.39, 0.29) is 23.6 Å². The Morgan fingerprint density at radius 3 is 2.69 bits per heavy atom. The van der Waals surface area contributed by atoms with Gasteiger partial charge in [0.1, 0.15) is 17.4 Å². The van der Waals surface area contributed by atoms with E-state index in [0.29, 0.717) is 33.9 Å². The van der Waals surface area contributed by atoms with E-state index in [0.717, 1.165) is 12.8 Å². The van der Waals surface area contributed by atoms with Gasteiger partial charge in [-0.05, 0) is 53.9 Å². The monoisotopic (exact) mass is 464 g/mol. The molecular formula is C21H25BrN2O5. The van der Waals surface area contributed by atoms with Crippen molar-refractivity contribution in [3.63, 3.8) is 0 Å². The summed E-state index contributed by atoms with van der Waals surface area (Å²) < 4.78 is 22.6. The third kappa shape index (κ3) is 4.85. The number of methoxy groups -OCH3 is 1. The van der Waals surface area contributed by atoms with E-state index in [1.54, 1.807) is 26.0 Å². The van der Waals surface area contributed by atoms with Crippen LogP contribution in [0.15, 0.2) is 39.4 Å². The number of benzene rings is 1. The van der Waals surface area contributed by atoms with E-state index in [9.17, 15) is 10.1 Å². The predicted octanol–water partition coefficient (Wildman–Crippen LogP) is 4.28. The van der Waals surface area contributed by atoms with Crippen molar-refractivity contribution < 1.29 is 23.7 Å². The van der Waals surface area contributed by atoms with Crippen molar-refractivity contribution in [3.8, 4) is 17.6 Å². The summed E-state index contributed by atoms with van der Waals surface area (Å²) in [4.78, 5) is 12.6. The second-order valence-electron chi connectivity index (χ2n) is 6.35. The molecule has 0 aromatic heterocycles. The van der Waals surface area contributed by atoms with Gasteiger partial charge in [-0.3, -0.25) is 0 Å². The number of unbranched alkanes of at least 4 members (excludes halogenated alkanes) is 1. The van der Waals surface area contributed by atoms with Crippen LogP contribution in [0.5, 0.6) is 11.5 Å². The number of rotatable bonds is 8. The van der Waals surface area contributed by atoms with Gasteiger partial charge >= 0.3 is 5.97 Å². The number of carbonyl (C=O) groups excluding carboxylic acids is 1. The van der Waals surface area contributed by atoms with Crippen LogP contribution in [-0.4, -0.2) is 26.3 Å². The lowest BCUT2D eigenvalue weighted by Crippen LogP contribution is -2.25. The number of carbonyl (C=O) groups is 1. The van der Waals surface area contributed by atoms with Crippen molar-refractivity contribution in [3.05, 3.63) is 45.0 Å². The Hall–Kier alpha value is -2.66. The van der Waals surface area contributed by atoms with Crippen LogP contribution in [0.4, 0.5) is 0 Å². The van der Waals surface area contributed by atoms with Crippen LogP contribution in [0.25, 0.3) is 0 Å². The van der Waals surface area contributed by atoms with Gasteiger partial charge in [0.05, 0.1) is 36.3 Å². The first-order valence-electron chi connectivity index (χ1n) is 9.35. The molecule has 1 unspecified atom stereocenters. The molecule has 156 valence electrons. The minimum Gasteiger partial charge on any atom is -0.493 e. The summed E-state index contributed by atoms with van der Waals surface area (Å²) in [6.45, 7) is 6.15. The fourth-order valence-electron chi connectivity index (χ4n) is 3.05.